The SMILES string of the molecule is COc1cc(/C=N\NC(=O)[C@H](C#N)c2ccccc2)ccc1OCCOc1ccccc1Cl. The zero-order valence-electron chi connectivity index (χ0n) is 17.9. The summed E-state index contributed by atoms with van der Waals surface area (Å²) in [4.78, 5) is 12.3. The lowest BCUT2D eigenvalue weighted by Crippen LogP contribution is -2.24. The summed E-state index contributed by atoms with van der Waals surface area (Å²) in [6, 6.07) is 23.2. The molecular weight excluding hydrogens is 442 g/mol. The van der Waals surface area contributed by atoms with E-state index in [1.54, 1.807) is 54.6 Å². The molecule has 3 aromatic rings. The maximum Gasteiger partial charge on any atom is 0.261 e. The average molecular weight is 464 g/mol. The number of halogens is 1. The van der Waals surface area contributed by atoms with E-state index in [1.807, 2.05) is 24.3 Å². The van der Waals surface area contributed by atoms with Crippen molar-refractivity contribution in [2.24, 2.45) is 5.10 Å². The lowest BCUT2D eigenvalue weighted by molar-refractivity contribution is -0.121. The van der Waals surface area contributed by atoms with E-state index in [4.69, 9.17) is 25.8 Å². The number of hydrazone groups is 1. The van der Waals surface area contributed by atoms with Gasteiger partial charge in [0.2, 0.25) is 0 Å². The van der Waals surface area contributed by atoms with Gasteiger partial charge in [0.1, 0.15) is 19.0 Å². The van der Waals surface area contributed by atoms with E-state index >= 15 is 0 Å². The Morgan fingerprint density at radius 1 is 1.03 bits per heavy atom. The largest absolute Gasteiger partial charge is 0.493 e. The molecule has 0 unspecified atom stereocenters. The van der Waals surface area contributed by atoms with Gasteiger partial charge < -0.3 is 14.2 Å². The maximum atomic E-state index is 12.3. The highest BCUT2D eigenvalue weighted by Crippen LogP contribution is 2.28. The predicted octanol–water partition coefficient (Wildman–Crippen LogP) is 4.56. The number of para-hydroxylation sites is 1. The highest BCUT2D eigenvalue weighted by atomic mass is 35.5. The van der Waals surface area contributed by atoms with Gasteiger partial charge in [-0.25, -0.2) is 5.43 Å². The first kappa shape index (κ1) is 23.6. The Kier molecular flexibility index (Phi) is 8.69. The van der Waals surface area contributed by atoms with Crippen molar-refractivity contribution in [1.29, 1.82) is 5.26 Å². The summed E-state index contributed by atoms with van der Waals surface area (Å²) >= 11 is 6.06. The first-order valence-electron chi connectivity index (χ1n) is 10.1. The van der Waals surface area contributed by atoms with Crippen molar-refractivity contribution in [3.8, 4) is 23.3 Å². The predicted molar refractivity (Wildman–Crippen MR) is 126 cm³/mol. The van der Waals surface area contributed by atoms with Crippen LogP contribution in [0, 0.1) is 11.3 Å². The molecule has 0 aliphatic heterocycles. The molecule has 0 aliphatic carbocycles. The van der Waals surface area contributed by atoms with Gasteiger partial charge in [-0.2, -0.15) is 10.4 Å². The van der Waals surface area contributed by atoms with E-state index in [9.17, 15) is 10.1 Å². The smallest absolute Gasteiger partial charge is 0.261 e. The van der Waals surface area contributed by atoms with Crippen molar-refractivity contribution >= 4 is 23.7 Å². The summed E-state index contributed by atoms with van der Waals surface area (Å²) in [5.74, 6) is 0.179. The molecule has 3 aromatic carbocycles. The van der Waals surface area contributed by atoms with Crippen LogP contribution in [-0.2, 0) is 4.79 Å². The molecule has 0 radical (unpaired) electrons. The van der Waals surface area contributed by atoms with Crippen LogP contribution in [0.15, 0.2) is 77.9 Å². The number of nitrogens with one attached hydrogen (secondary N) is 1. The van der Waals surface area contributed by atoms with Gasteiger partial charge in [0.05, 0.1) is 24.4 Å². The zero-order chi connectivity index (χ0) is 23.5. The molecule has 0 saturated carbocycles. The molecule has 168 valence electrons. The van der Waals surface area contributed by atoms with Crippen molar-refractivity contribution in [2.75, 3.05) is 20.3 Å². The fourth-order valence-electron chi connectivity index (χ4n) is 2.91. The number of benzene rings is 3. The highest BCUT2D eigenvalue weighted by molar-refractivity contribution is 6.32. The Morgan fingerprint density at radius 2 is 1.73 bits per heavy atom. The molecule has 0 fully saturated rings. The van der Waals surface area contributed by atoms with Gasteiger partial charge in [-0.1, -0.05) is 54.1 Å². The third kappa shape index (κ3) is 6.73. The minimum absolute atomic E-state index is 0.292. The Labute approximate surface area is 197 Å². The number of hydrogen-bond acceptors (Lipinski definition) is 6. The second-order valence-corrected chi connectivity index (χ2v) is 7.15. The number of methoxy groups -OCH3 is 1. The Balaban J connectivity index is 1.54. The number of carbonyl (C=O) groups excluding carboxylic acids is 1. The average Bonchev–Trinajstić information content (AvgIpc) is 2.84. The van der Waals surface area contributed by atoms with E-state index in [0.717, 1.165) is 0 Å². The molecule has 0 saturated heterocycles. The summed E-state index contributed by atoms with van der Waals surface area (Å²) < 4.78 is 16.7. The molecule has 1 atom stereocenters. The van der Waals surface area contributed by atoms with Crippen molar-refractivity contribution in [3.63, 3.8) is 0 Å². The number of carbonyl (C=O) groups is 1. The number of nitriles is 1. The molecule has 3 rings (SSSR count). The third-order valence-electron chi connectivity index (χ3n) is 4.54. The van der Waals surface area contributed by atoms with Crippen LogP contribution in [0.25, 0.3) is 0 Å². The van der Waals surface area contributed by atoms with Crippen LogP contribution in [0.1, 0.15) is 17.0 Å². The van der Waals surface area contributed by atoms with Crippen LogP contribution in [0.2, 0.25) is 5.02 Å². The number of ether oxygens (including phenoxy) is 3. The van der Waals surface area contributed by atoms with E-state index in [-0.39, 0.29) is 0 Å². The standard InChI is InChI=1S/C25H22ClN3O4/c1-31-24-15-18(17-28-29-25(30)20(16-27)19-7-3-2-4-8-19)11-12-23(24)33-14-13-32-22-10-6-5-9-21(22)26/h2-12,15,17,20H,13-14H2,1H3,(H,29,30)/b28-17-/t20-/m1/s1. The van der Waals surface area contributed by atoms with Crippen LogP contribution in [-0.4, -0.2) is 32.4 Å². The van der Waals surface area contributed by atoms with Crippen molar-refractivity contribution in [3.05, 3.63) is 88.9 Å². The molecule has 0 heterocycles. The quantitative estimate of drug-likeness (QED) is 0.270. The fraction of sp³-hybridized carbons (Fsp3) is 0.160. The highest BCUT2D eigenvalue weighted by Gasteiger charge is 2.19. The Bertz CT molecular complexity index is 1150. The first-order valence-corrected chi connectivity index (χ1v) is 10.5. The molecule has 0 aromatic heterocycles. The summed E-state index contributed by atoms with van der Waals surface area (Å²) in [5, 5.41) is 13.8. The first-order chi connectivity index (χ1) is 16.1. The van der Waals surface area contributed by atoms with Gasteiger partial charge in [0, 0.05) is 0 Å². The molecule has 7 nitrogen and oxygen atoms in total. The minimum Gasteiger partial charge on any atom is -0.493 e. The molecule has 0 aliphatic rings. The third-order valence-corrected chi connectivity index (χ3v) is 4.85. The second-order valence-electron chi connectivity index (χ2n) is 6.74. The van der Waals surface area contributed by atoms with E-state index in [1.165, 1.54) is 13.3 Å². The topological polar surface area (TPSA) is 92.9 Å². The van der Waals surface area contributed by atoms with Crippen molar-refractivity contribution in [2.45, 2.75) is 5.92 Å². The Hall–Kier alpha value is -4.02. The zero-order valence-corrected chi connectivity index (χ0v) is 18.7. The number of amides is 1. The van der Waals surface area contributed by atoms with Crippen LogP contribution in [0.5, 0.6) is 17.2 Å². The summed E-state index contributed by atoms with van der Waals surface area (Å²) in [7, 11) is 1.53. The Morgan fingerprint density at radius 3 is 2.42 bits per heavy atom. The monoisotopic (exact) mass is 463 g/mol. The number of nitrogens with zero attached hydrogens (tertiary/aromatic N) is 2. The van der Waals surface area contributed by atoms with Gasteiger partial charge in [0.25, 0.3) is 5.91 Å². The van der Waals surface area contributed by atoms with Crippen LogP contribution in [0.4, 0.5) is 0 Å². The van der Waals surface area contributed by atoms with Crippen LogP contribution < -0.4 is 19.6 Å². The van der Waals surface area contributed by atoms with Gasteiger partial charge in [-0.3, -0.25) is 4.79 Å². The van der Waals surface area contributed by atoms with E-state index in [0.29, 0.717) is 46.6 Å². The normalized spacial score (nSPS) is 11.4. The lowest BCUT2D eigenvalue weighted by atomic mass is 10.0. The molecule has 8 heteroatoms. The van der Waals surface area contributed by atoms with Gasteiger partial charge in [0.15, 0.2) is 17.4 Å². The molecular formula is C25H22ClN3O4. The molecule has 0 spiro atoms. The van der Waals surface area contributed by atoms with E-state index in [2.05, 4.69) is 10.5 Å². The molecule has 1 N–H and O–H groups in total. The number of hydrogen-bond donors (Lipinski definition) is 1. The summed E-state index contributed by atoms with van der Waals surface area (Å²) in [5.41, 5.74) is 3.69. The van der Waals surface area contributed by atoms with Gasteiger partial charge >= 0.3 is 0 Å². The number of rotatable bonds is 10. The van der Waals surface area contributed by atoms with Gasteiger partial charge in [-0.05, 0) is 41.5 Å². The summed E-state index contributed by atoms with van der Waals surface area (Å²) in [6.07, 6.45) is 1.46. The van der Waals surface area contributed by atoms with Crippen LogP contribution in [0.3, 0.4) is 0 Å². The van der Waals surface area contributed by atoms with Crippen LogP contribution >= 0.6 is 11.6 Å². The lowest BCUT2D eigenvalue weighted by Gasteiger charge is -2.12. The summed E-state index contributed by atoms with van der Waals surface area (Å²) in [6.45, 7) is 0.601. The van der Waals surface area contributed by atoms with Gasteiger partial charge in [-0.15, -0.1) is 0 Å². The van der Waals surface area contributed by atoms with Crippen molar-refractivity contribution < 1.29 is 19.0 Å². The molecule has 1 amide bonds. The molecule has 0 bridgehead atoms. The molecule has 33 heavy (non-hydrogen) atoms. The second kappa shape index (κ2) is 12.1. The minimum atomic E-state index is -0.943. The maximum absolute atomic E-state index is 12.3. The van der Waals surface area contributed by atoms with Crippen molar-refractivity contribution in [1.82, 2.24) is 5.43 Å². The van der Waals surface area contributed by atoms with E-state index < -0.39 is 11.8 Å². The fourth-order valence-corrected chi connectivity index (χ4v) is 3.10.